The number of hydrogen-bond donors (Lipinski definition) is 0. The molecular weight excluding hydrogens is 146 g/mol. The molecule has 0 aromatic heterocycles. The molecule has 0 bridgehead atoms. The molecule has 1 aliphatic rings. The predicted molar refractivity (Wildman–Crippen MR) is 38.3 cm³/mol. The van der Waals surface area contributed by atoms with E-state index < -0.39 is 11.6 Å². The zero-order chi connectivity index (χ0) is 7.84. The van der Waals surface area contributed by atoms with Crippen molar-refractivity contribution in [3.05, 3.63) is 35.4 Å². The van der Waals surface area contributed by atoms with Crippen molar-refractivity contribution in [1.82, 2.24) is 0 Å². The number of halogens is 2. The Hall–Kier alpha value is -0.920. The zero-order valence-electron chi connectivity index (χ0n) is 5.98. The largest absolute Gasteiger partial charge is 0.207 e. The van der Waals surface area contributed by atoms with Gasteiger partial charge in [-0.3, -0.25) is 0 Å². The van der Waals surface area contributed by atoms with Gasteiger partial charge in [0.25, 0.3) is 0 Å². The third-order valence-corrected chi connectivity index (χ3v) is 1.98. The molecule has 2 rings (SSSR count). The van der Waals surface area contributed by atoms with Gasteiger partial charge in [-0.25, -0.2) is 8.78 Å². The van der Waals surface area contributed by atoms with Gasteiger partial charge in [-0.1, -0.05) is 6.07 Å². The van der Waals surface area contributed by atoms with Gasteiger partial charge in [0.15, 0.2) is 0 Å². The average Bonchev–Trinajstić information content (AvgIpc) is 2.70. The molecule has 0 saturated heterocycles. The van der Waals surface area contributed by atoms with E-state index in [1.54, 1.807) is 6.07 Å². The van der Waals surface area contributed by atoms with E-state index in [0.29, 0.717) is 11.5 Å². The van der Waals surface area contributed by atoms with Crippen LogP contribution in [-0.2, 0) is 0 Å². The summed E-state index contributed by atoms with van der Waals surface area (Å²) >= 11 is 0. The average molecular weight is 154 g/mol. The van der Waals surface area contributed by atoms with E-state index in [-0.39, 0.29) is 0 Å². The fourth-order valence-electron chi connectivity index (χ4n) is 1.23. The second-order valence-electron chi connectivity index (χ2n) is 2.94. The first kappa shape index (κ1) is 6.77. The van der Waals surface area contributed by atoms with Crippen molar-refractivity contribution in [2.24, 2.45) is 0 Å². The van der Waals surface area contributed by atoms with Crippen LogP contribution >= 0.6 is 0 Å². The normalized spacial score (nSPS) is 16.9. The van der Waals surface area contributed by atoms with Gasteiger partial charge in [-0.15, -0.1) is 0 Å². The minimum Gasteiger partial charge on any atom is -0.207 e. The fraction of sp³-hybridized carbons (Fsp3) is 0.333. The van der Waals surface area contributed by atoms with E-state index in [1.807, 2.05) is 0 Å². The summed E-state index contributed by atoms with van der Waals surface area (Å²) in [5.41, 5.74) is 0.673. The summed E-state index contributed by atoms with van der Waals surface area (Å²) in [7, 11) is 0. The minimum atomic E-state index is -0.494. The van der Waals surface area contributed by atoms with Gasteiger partial charge < -0.3 is 0 Å². The summed E-state index contributed by atoms with van der Waals surface area (Å²) in [4.78, 5) is 0. The molecule has 0 unspecified atom stereocenters. The lowest BCUT2D eigenvalue weighted by molar-refractivity contribution is 0.572. The van der Waals surface area contributed by atoms with Crippen molar-refractivity contribution in [3.8, 4) is 0 Å². The van der Waals surface area contributed by atoms with Gasteiger partial charge in [0.05, 0.1) is 0 Å². The molecule has 1 aromatic carbocycles. The molecule has 2 heteroatoms. The Labute approximate surface area is 63.9 Å². The molecule has 0 N–H and O–H groups in total. The van der Waals surface area contributed by atoms with E-state index in [9.17, 15) is 8.78 Å². The molecule has 58 valence electrons. The molecule has 0 spiro atoms. The van der Waals surface area contributed by atoms with Crippen LogP contribution in [0.4, 0.5) is 8.78 Å². The van der Waals surface area contributed by atoms with Gasteiger partial charge in [-0.05, 0) is 30.4 Å². The van der Waals surface area contributed by atoms with E-state index in [0.717, 1.165) is 18.9 Å². The topological polar surface area (TPSA) is 0 Å². The quantitative estimate of drug-likeness (QED) is 0.583. The van der Waals surface area contributed by atoms with Gasteiger partial charge in [0, 0.05) is 6.07 Å². The summed E-state index contributed by atoms with van der Waals surface area (Å²) in [6, 6.07) is 3.81. The Morgan fingerprint density at radius 3 is 2.45 bits per heavy atom. The maximum atomic E-state index is 12.9. The highest BCUT2D eigenvalue weighted by molar-refractivity contribution is 5.25. The van der Waals surface area contributed by atoms with Crippen molar-refractivity contribution in [1.29, 1.82) is 0 Å². The molecule has 0 atom stereocenters. The van der Waals surface area contributed by atoms with Crippen molar-refractivity contribution in [3.63, 3.8) is 0 Å². The van der Waals surface area contributed by atoms with Gasteiger partial charge in [0.1, 0.15) is 11.6 Å². The van der Waals surface area contributed by atoms with E-state index in [1.165, 1.54) is 6.07 Å². The molecule has 11 heavy (non-hydrogen) atoms. The molecule has 0 radical (unpaired) electrons. The Morgan fingerprint density at radius 1 is 1.18 bits per heavy atom. The minimum absolute atomic E-state index is 0.357. The maximum absolute atomic E-state index is 12.9. The zero-order valence-corrected chi connectivity index (χ0v) is 5.98. The summed E-state index contributed by atoms with van der Waals surface area (Å²) in [6.45, 7) is 0. The molecule has 0 nitrogen and oxygen atoms in total. The fourth-order valence-corrected chi connectivity index (χ4v) is 1.23. The van der Waals surface area contributed by atoms with Crippen LogP contribution < -0.4 is 0 Å². The monoisotopic (exact) mass is 154 g/mol. The van der Waals surface area contributed by atoms with E-state index in [4.69, 9.17) is 0 Å². The van der Waals surface area contributed by atoms with Crippen LogP contribution in [0.1, 0.15) is 24.3 Å². The summed E-state index contributed by atoms with van der Waals surface area (Å²) in [6.07, 6.45) is 2.09. The lowest BCUT2D eigenvalue weighted by Crippen LogP contribution is -1.87. The smallest absolute Gasteiger partial charge is 0.129 e. The Kier molecular flexibility index (Phi) is 1.41. The second-order valence-corrected chi connectivity index (χ2v) is 2.94. The summed E-state index contributed by atoms with van der Waals surface area (Å²) in [5.74, 6) is -0.532. The van der Waals surface area contributed by atoms with Crippen LogP contribution in [0.25, 0.3) is 0 Å². The molecule has 1 aliphatic carbocycles. The van der Waals surface area contributed by atoms with Gasteiger partial charge >= 0.3 is 0 Å². The first-order chi connectivity index (χ1) is 5.27. The highest BCUT2D eigenvalue weighted by atomic mass is 19.1. The highest BCUT2D eigenvalue weighted by Gasteiger charge is 2.26. The third-order valence-electron chi connectivity index (χ3n) is 1.98. The molecule has 0 amide bonds. The van der Waals surface area contributed by atoms with Crippen molar-refractivity contribution < 1.29 is 8.78 Å². The van der Waals surface area contributed by atoms with Crippen LogP contribution in [0.3, 0.4) is 0 Å². The summed E-state index contributed by atoms with van der Waals surface area (Å²) < 4.78 is 25.3. The first-order valence-corrected chi connectivity index (χ1v) is 3.72. The van der Waals surface area contributed by atoms with Crippen molar-refractivity contribution in [2.45, 2.75) is 18.8 Å². The maximum Gasteiger partial charge on any atom is 0.129 e. The van der Waals surface area contributed by atoms with Crippen LogP contribution in [0.5, 0.6) is 0 Å². The predicted octanol–water partition coefficient (Wildman–Crippen LogP) is 2.84. The van der Waals surface area contributed by atoms with E-state index >= 15 is 0 Å². The Morgan fingerprint density at radius 2 is 1.91 bits per heavy atom. The molecule has 1 aromatic rings. The van der Waals surface area contributed by atoms with Crippen LogP contribution in [0.2, 0.25) is 0 Å². The molecule has 0 heterocycles. The standard InChI is InChI=1S/C9H8F2/c10-7-3-4-8(6-1-2-6)9(11)5-7/h3-6H,1-2H2. The van der Waals surface area contributed by atoms with Crippen molar-refractivity contribution >= 4 is 0 Å². The van der Waals surface area contributed by atoms with E-state index in [2.05, 4.69) is 0 Å². The lowest BCUT2D eigenvalue weighted by atomic mass is 10.1. The molecule has 0 aliphatic heterocycles. The third kappa shape index (κ3) is 1.25. The van der Waals surface area contributed by atoms with Gasteiger partial charge in [-0.2, -0.15) is 0 Å². The SMILES string of the molecule is Fc1ccc(C2CC2)c(F)c1. The number of hydrogen-bond acceptors (Lipinski definition) is 0. The van der Waals surface area contributed by atoms with Gasteiger partial charge in [0.2, 0.25) is 0 Å². The second kappa shape index (κ2) is 2.29. The molecule has 1 fully saturated rings. The lowest BCUT2D eigenvalue weighted by Gasteiger charge is -1.98. The van der Waals surface area contributed by atoms with Crippen molar-refractivity contribution in [2.75, 3.05) is 0 Å². The van der Waals surface area contributed by atoms with Crippen LogP contribution in [0.15, 0.2) is 18.2 Å². The van der Waals surface area contributed by atoms with Crippen LogP contribution in [-0.4, -0.2) is 0 Å². The molecule has 1 saturated carbocycles. The highest BCUT2D eigenvalue weighted by Crippen LogP contribution is 2.41. The number of rotatable bonds is 1. The Bertz CT molecular complexity index is 277. The first-order valence-electron chi connectivity index (χ1n) is 3.72. The Balaban J connectivity index is 2.39. The van der Waals surface area contributed by atoms with Crippen LogP contribution in [0, 0.1) is 11.6 Å². The molecular formula is C9H8F2. The summed E-state index contributed by atoms with van der Waals surface area (Å²) in [5, 5.41) is 0. The number of benzene rings is 1.